The first kappa shape index (κ1) is 17.2. The third-order valence-corrected chi connectivity index (χ3v) is 2.06. The highest BCUT2D eigenvalue weighted by Gasteiger charge is 2.00. The van der Waals surface area contributed by atoms with E-state index in [1.54, 1.807) is 18.3 Å². The molecule has 18 heavy (non-hydrogen) atoms. The first-order valence-corrected chi connectivity index (χ1v) is 5.77. The number of nitrogens with one attached hydrogen (secondary N) is 1. The lowest BCUT2D eigenvalue weighted by Crippen LogP contribution is -2.37. The van der Waals surface area contributed by atoms with Gasteiger partial charge in [0.15, 0.2) is 5.96 Å². The lowest BCUT2D eigenvalue weighted by molar-refractivity contribution is 0.316. The Morgan fingerprint density at radius 2 is 2.33 bits per heavy atom. The predicted molar refractivity (Wildman–Crippen MR) is 84.9 cm³/mol. The summed E-state index contributed by atoms with van der Waals surface area (Å²) in [5, 5.41) is 3.47. The maximum Gasteiger partial charge on any atom is 0.232 e. The van der Waals surface area contributed by atoms with Crippen molar-refractivity contribution >= 4 is 41.5 Å². The van der Waals surface area contributed by atoms with Crippen molar-refractivity contribution < 1.29 is 4.74 Å². The molecule has 0 aliphatic rings. The maximum absolute atomic E-state index is 5.87. The standard InChI is InChI=1S/C11H17ClN4O.HI/c1-8(2)16-11(13)15-6-7-17-10-9(12)4-3-5-14-10;/h3-5,8H,6-7H2,1-2H3,(H3,13,15,16);1H. The van der Waals surface area contributed by atoms with Gasteiger partial charge >= 0.3 is 0 Å². The molecule has 0 unspecified atom stereocenters. The number of nitrogens with two attached hydrogens (primary N) is 1. The van der Waals surface area contributed by atoms with Crippen molar-refractivity contribution in [3.8, 4) is 5.88 Å². The van der Waals surface area contributed by atoms with Crippen LogP contribution in [0.5, 0.6) is 5.88 Å². The number of hydrogen-bond donors (Lipinski definition) is 2. The van der Waals surface area contributed by atoms with Crippen LogP contribution in [-0.4, -0.2) is 30.1 Å². The summed E-state index contributed by atoms with van der Waals surface area (Å²) in [5.74, 6) is 0.829. The molecule has 5 nitrogen and oxygen atoms in total. The van der Waals surface area contributed by atoms with Gasteiger partial charge in [0.1, 0.15) is 11.6 Å². The van der Waals surface area contributed by atoms with Crippen LogP contribution < -0.4 is 15.8 Å². The molecule has 0 amide bonds. The molecule has 0 radical (unpaired) electrons. The van der Waals surface area contributed by atoms with E-state index < -0.39 is 0 Å². The molecular formula is C11H18ClIN4O. The summed E-state index contributed by atoms with van der Waals surface area (Å²) in [5.41, 5.74) is 5.63. The highest BCUT2D eigenvalue weighted by molar-refractivity contribution is 14.0. The number of aromatic nitrogens is 1. The molecule has 0 saturated carbocycles. The summed E-state index contributed by atoms with van der Waals surface area (Å²) in [4.78, 5) is 8.09. The third kappa shape index (κ3) is 6.85. The molecule has 0 atom stereocenters. The third-order valence-electron chi connectivity index (χ3n) is 1.77. The molecule has 0 aromatic carbocycles. The zero-order chi connectivity index (χ0) is 12.7. The van der Waals surface area contributed by atoms with E-state index >= 15 is 0 Å². The molecule has 1 rings (SSSR count). The van der Waals surface area contributed by atoms with Gasteiger partial charge in [-0.1, -0.05) is 11.6 Å². The fraction of sp³-hybridized carbons (Fsp3) is 0.455. The second-order valence-electron chi connectivity index (χ2n) is 3.70. The van der Waals surface area contributed by atoms with E-state index in [-0.39, 0.29) is 30.0 Å². The molecule has 1 aromatic heterocycles. The minimum absolute atomic E-state index is 0. The molecule has 0 aliphatic heterocycles. The van der Waals surface area contributed by atoms with E-state index in [2.05, 4.69) is 15.3 Å². The highest BCUT2D eigenvalue weighted by Crippen LogP contribution is 2.19. The first-order chi connectivity index (χ1) is 8.09. The number of aliphatic imine (C=N–C) groups is 1. The maximum atomic E-state index is 5.87. The van der Waals surface area contributed by atoms with Crippen molar-refractivity contribution in [3.63, 3.8) is 0 Å². The van der Waals surface area contributed by atoms with Crippen LogP contribution in [0.3, 0.4) is 0 Å². The molecule has 102 valence electrons. The molecule has 1 heterocycles. The Kier molecular flexibility index (Phi) is 8.82. The Labute approximate surface area is 129 Å². The van der Waals surface area contributed by atoms with E-state index in [1.807, 2.05) is 13.8 Å². The van der Waals surface area contributed by atoms with Gasteiger partial charge in [0.2, 0.25) is 5.88 Å². The monoisotopic (exact) mass is 384 g/mol. The van der Waals surface area contributed by atoms with Crippen LogP contribution in [0.1, 0.15) is 13.8 Å². The van der Waals surface area contributed by atoms with Gasteiger partial charge in [-0.2, -0.15) is 0 Å². The fourth-order valence-corrected chi connectivity index (χ4v) is 1.30. The second kappa shape index (κ2) is 9.21. The minimum Gasteiger partial charge on any atom is -0.475 e. The molecule has 1 aromatic rings. The van der Waals surface area contributed by atoms with E-state index in [4.69, 9.17) is 22.1 Å². The van der Waals surface area contributed by atoms with Crippen LogP contribution in [0.25, 0.3) is 0 Å². The summed E-state index contributed by atoms with van der Waals surface area (Å²) < 4.78 is 5.36. The van der Waals surface area contributed by atoms with Crippen LogP contribution in [0.4, 0.5) is 0 Å². The van der Waals surface area contributed by atoms with Gasteiger partial charge in [0.25, 0.3) is 0 Å². The number of nitrogens with zero attached hydrogens (tertiary/aromatic N) is 2. The molecule has 0 fully saturated rings. The van der Waals surface area contributed by atoms with Crippen molar-refractivity contribution in [1.82, 2.24) is 10.3 Å². The van der Waals surface area contributed by atoms with Gasteiger partial charge in [-0.3, -0.25) is 0 Å². The lowest BCUT2D eigenvalue weighted by Gasteiger charge is -2.08. The summed E-state index contributed by atoms with van der Waals surface area (Å²) in [6.45, 7) is 4.83. The van der Waals surface area contributed by atoms with Crippen LogP contribution >= 0.6 is 35.6 Å². The van der Waals surface area contributed by atoms with Gasteiger partial charge in [-0.15, -0.1) is 24.0 Å². The number of hydrogen-bond acceptors (Lipinski definition) is 3. The van der Waals surface area contributed by atoms with Crippen LogP contribution in [0, 0.1) is 0 Å². The first-order valence-electron chi connectivity index (χ1n) is 5.39. The van der Waals surface area contributed by atoms with Crippen LogP contribution in [-0.2, 0) is 0 Å². The Hall–Kier alpha value is -0.760. The number of rotatable bonds is 5. The van der Waals surface area contributed by atoms with Crippen molar-refractivity contribution in [1.29, 1.82) is 0 Å². The Morgan fingerprint density at radius 1 is 1.61 bits per heavy atom. The van der Waals surface area contributed by atoms with Crippen molar-refractivity contribution in [2.24, 2.45) is 10.7 Å². The van der Waals surface area contributed by atoms with Crippen LogP contribution in [0.2, 0.25) is 5.02 Å². The highest BCUT2D eigenvalue weighted by atomic mass is 127. The zero-order valence-corrected chi connectivity index (χ0v) is 13.5. The van der Waals surface area contributed by atoms with E-state index in [0.717, 1.165) is 0 Å². The minimum atomic E-state index is 0. The smallest absolute Gasteiger partial charge is 0.232 e. The topological polar surface area (TPSA) is 72.5 Å². The number of halogens is 2. The van der Waals surface area contributed by atoms with Crippen molar-refractivity contribution in [2.75, 3.05) is 13.2 Å². The summed E-state index contributed by atoms with van der Waals surface area (Å²) >= 11 is 5.87. The predicted octanol–water partition coefficient (Wildman–Crippen LogP) is 2.04. The van der Waals surface area contributed by atoms with Gasteiger partial charge in [-0.05, 0) is 26.0 Å². The fourth-order valence-electron chi connectivity index (χ4n) is 1.13. The zero-order valence-electron chi connectivity index (χ0n) is 10.4. The average molecular weight is 385 g/mol. The summed E-state index contributed by atoms with van der Waals surface area (Å²) in [7, 11) is 0. The lowest BCUT2D eigenvalue weighted by atomic mass is 10.4. The van der Waals surface area contributed by atoms with Gasteiger partial charge in [-0.25, -0.2) is 9.98 Å². The van der Waals surface area contributed by atoms with Crippen molar-refractivity contribution in [3.05, 3.63) is 23.4 Å². The molecule has 7 heteroatoms. The van der Waals surface area contributed by atoms with Gasteiger partial charge in [0, 0.05) is 12.2 Å². The van der Waals surface area contributed by atoms with E-state index in [0.29, 0.717) is 30.0 Å². The van der Waals surface area contributed by atoms with Gasteiger partial charge < -0.3 is 15.8 Å². The quantitative estimate of drug-likeness (QED) is 0.353. The van der Waals surface area contributed by atoms with Crippen molar-refractivity contribution in [2.45, 2.75) is 19.9 Å². The normalized spacial score (nSPS) is 11.0. The molecule has 3 N–H and O–H groups in total. The molecular weight excluding hydrogens is 367 g/mol. The second-order valence-corrected chi connectivity index (χ2v) is 4.11. The summed E-state index contributed by atoms with van der Waals surface area (Å²) in [6.07, 6.45) is 1.62. The van der Waals surface area contributed by atoms with E-state index in [1.165, 1.54) is 0 Å². The molecule has 0 spiro atoms. The SMILES string of the molecule is CC(C)NC(N)=NCCOc1ncccc1Cl.I. The number of pyridine rings is 1. The average Bonchev–Trinajstić information content (AvgIpc) is 2.25. The van der Waals surface area contributed by atoms with Gasteiger partial charge in [0.05, 0.1) is 6.54 Å². The Bertz CT molecular complexity index is 387. The number of ether oxygens (including phenoxy) is 1. The largest absolute Gasteiger partial charge is 0.475 e. The Balaban J connectivity index is 0.00000289. The van der Waals surface area contributed by atoms with E-state index in [9.17, 15) is 0 Å². The Morgan fingerprint density at radius 3 is 2.94 bits per heavy atom. The molecule has 0 aliphatic carbocycles. The molecule has 0 bridgehead atoms. The molecule has 0 saturated heterocycles. The van der Waals surface area contributed by atoms with Crippen LogP contribution in [0.15, 0.2) is 23.3 Å². The number of guanidine groups is 1. The summed E-state index contributed by atoms with van der Waals surface area (Å²) in [6, 6.07) is 3.74.